The Balaban J connectivity index is 1.69. The van der Waals surface area contributed by atoms with E-state index >= 15 is 0 Å². The number of fused-ring (bicyclic) bond motifs is 1. The van der Waals surface area contributed by atoms with Crippen LogP contribution < -0.4 is 14.8 Å². The van der Waals surface area contributed by atoms with Crippen LogP contribution in [0, 0.1) is 0 Å². The molecule has 4 nitrogen and oxygen atoms in total. The van der Waals surface area contributed by atoms with E-state index in [4.69, 9.17) is 9.47 Å². The fraction of sp³-hybridized carbons (Fsp3) is 0.571. The summed E-state index contributed by atoms with van der Waals surface area (Å²) >= 11 is 0. The molecule has 18 heavy (non-hydrogen) atoms. The second-order valence-electron chi connectivity index (χ2n) is 4.97. The Labute approximate surface area is 108 Å². The molecule has 98 valence electrons. The van der Waals surface area contributed by atoms with Crippen molar-refractivity contribution in [1.82, 2.24) is 10.2 Å². The zero-order valence-electron chi connectivity index (χ0n) is 10.8. The van der Waals surface area contributed by atoms with Gasteiger partial charge in [0, 0.05) is 25.7 Å². The van der Waals surface area contributed by atoms with Gasteiger partial charge in [-0.25, -0.2) is 0 Å². The van der Waals surface area contributed by atoms with Crippen molar-refractivity contribution in [3.8, 4) is 11.5 Å². The Bertz CT molecular complexity index is 418. The lowest BCUT2D eigenvalue weighted by Gasteiger charge is -2.38. The third kappa shape index (κ3) is 2.31. The molecule has 1 N–H and O–H groups in total. The van der Waals surface area contributed by atoms with Crippen molar-refractivity contribution in [3.63, 3.8) is 0 Å². The van der Waals surface area contributed by atoms with Gasteiger partial charge in [0.15, 0.2) is 11.5 Å². The van der Waals surface area contributed by atoms with Crippen LogP contribution in [0.4, 0.5) is 0 Å². The molecule has 0 amide bonds. The van der Waals surface area contributed by atoms with Crippen LogP contribution in [0.15, 0.2) is 18.2 Å². The highest BCUT2D eigenvalue weighted by Crippen LogP contribution is 2.33. The Kier molecular flexibility index (Phi) is 3.39. The van der Waals surface area contributed by atoms with Crippen LogP contribution in [0.5, 0.6) is 11.5 Å². The minimum Gasteiger partial charge on any atom is -0.454 e. The predicted octanol–water partition coefficient (Wildman–Crippen LogP) is 1.60. The standard InChI is InChI=1S/C14H20N2O2/c1-2-5-16(12-7-15-8-12)9-11-3-4-13-14(6-11)18-10-17-13/h3-4,6,12,15H,2,5,7-10H2,1H3. The van der Waals surface area contributed by atoms with E-state index in [0.29, 0.717) is 12.8 Å². The van der Waals surface area contributed by atoms with Crippen molar-refractivity contribution in [3.05, 3.63) is 23.8 Å². The molecule has 0 atom stereocenters. The minimum atomic E-state index is 0.351. The highest BCUT2D eigenvalue weighted by Gasteiger charge is 2.24. The summed E-state index contributed by atoms with van der Waals surface area (Å²) in [5.41, 5.74) is 1.31. The van der Waals surface area contributed by atoms with Gasteiger partial charge in [0.25, 0.3) is 0 Å². The number of hydrogen-bond donors (Lipinski definition) is 1. The second kappa shape index (κ2) is 5.16. The Hall–Kier alpha value is -1.26. The Morgan fingerprint density at radius 1 is 1.28 bits per heavy atom. The summed E-state index contributed by atoms with van der Waals surface area (Å²) in [5.74, 6) is 1.75. The highest BCUT2D eigenvalue weighted by atomic mass is 16.7. The lowest BCUT2D eigenvalue weighted by molar-refractivity contribution is 0.137. The summed E-state index contributed by atoms with van der Waals surface area (Å²) < 4.78 is 10.8. The second-order valence-corrected chi connectivity index (χ2v) is 4.97. The highest BCUT2D eigenvalue weighted by molar-refractivity contribution is 5.44. The smallest absolute Gasteiger partial charge is 0.231 e. The fourth-order valence-electron chi connectivity index (χ4n) is 2.48. The van der Waals surface area contributed by atoms with Gasteiger partial charge in [-0.15, -0.1) is 0 Å². The van der Waals surface area contributed by atoms with E-state index < -0.39 is 0 Å². The zero-order chi connectivity index (χ0) is 12.4. The molecule has 0 unspecified atom stereocenters. The maximum Gasteiger partial charge on any atom is 0.231 e. The number of nitrogens with one attached hydrogen (secondary N) is 1. The SMILES string of the molecule is CCCN(Cc1ccc2c(c1)OCO2)C1CNC1. The van der Waals surface area contributed by atoms with E-state index in [2.05, 4.69) is 29.3 Å². The van der Waals surface area contributed by atoms with Crippen molar-refractivity contribution in [2.45, 2.75) is 25.9 Å². The topological polar surface area (TPSA) is 33.7 Å². The molecule has 2 aliphatic rings. The van der Waals surface area contributed by atoms with Crippen molar-refractivity contribution < 1.29 is 9.47 Å². The molecule has 2 heterocycles. The number of ether oxygens (including phenoxy) is 2. The maximum atomic E-state index is 5.43. The quantitative estimate of drug-likeness (QED) is 0.858. The van der Waals surface area contributed by atoms with Gasteiger partial charge in [-0.1, -0.05) is 13.0 Å². The van der Waals surface area contributed by atoms with E-state index in [1.807, 2.05) is 6.07 Å². The summed E-state index contributed by atoms with van der Waals surface area (Å²) in [5, 5.41) is 3.34. The first-order valence-electron chi connectivity index (χ1n) is 6.70. The van der Waals surface area contributed by atoms with Gasteiger partial charge >= 0.3 is 0 Å². The molecule has 1 aromatic carbocycles. The summed E-state index contributed by atoms with van der Waals surface area (Å²) in [7, 11) is 0. The third-order valence-electron chi connectivity index (χ3n) is 3.61. The summed E-state index contributed by atoms with van der Waals surface area (Å²) in [6.07, 6.45) is 1.20. The minimum absolute atomic E-state index is 0.351. The molecule has 0 bridgehead atoms. The molecule has 0 saturated carbocycles. The molecule has 1 aromatic rings. The van der Waals surface area contributed by atoms with E-state index in [-0.39, 0.29) is 0 Å². The van der Waals surface area contributed by atoms with Gasteiger partial charge in [0.05, 0.1) is 0 Å². The summed E-state index contributed by atoms with van der Waals surface area (Å²) in [6, 6.07) is 6.95. The Morgan fingerprint density at radius 3 is 2.83 bits per heavy atom. The molecule has 0 spiro atoms. The van der Waals surface area contributed by atoms with E-state index in [0.717, 1.165) is 37.7 Å². The number of rotatable bonds is 5. The van der Waals surface area contributed by atoms with Gasteiger partial charge in [0.2, 0.25) is 6.79 Å². The molecule has 4 heteroatoms. The molecule has 1 fully saturated rings. The average molecular weight is 248 g/mol. The number of benzene rings is 1. The fourth-order valence-corrected chi connectivity index (χ4v) is 2.48. The van der Waals surface area contributed by atoms with E-state index in [1.165, 1.54) is 12.0 Å². The number of nitrogens with zero attached hydrogens (tertiary/aromatic N) is 1. The maximum absolute atomic E-state index is 5.43. The van der Waals surface area contributed by atoms with Gasteiger partial charge in [-0.2, -0.15) is 0 Å². The van der Waals surface area contributed by atoms with Crippen molar-refractivity contribution in [2.75, 3.05) is 26.4 Å². The van der Waals surface area contributed by atoms with Crippen LogP contribution in [-0.4, -0.2) is 37.4 Å². The van der Waals surface area contributed by atoms with Crippen LogP contribution in [0.2, 0.25) is 0 Å². The van der Waals surface area contributed by atoms with Crippen LogP contribution in [0.25, 0.3) is 0 Å². The first-order valence-corrected chi connectivity index (χ1v) is 6.70. The normalized spacial score (nSPS) is 18.1. The van der Waals surface area contributed by atoms with Crippen molar-refractivity contribution in [2.24, 2.45) is 0 Å². The molecule has 0 aromatic heterocycles. The van der Waals surface area contributed by atoms with Gasteiger partial charge in [-0.05, 0) is 30.7 Å². The molecule has 1 saturated heterocycles. The predicted molar refractivity (Wildman–Crippen MR) is 69.9 cm³/mol. The molecule has 3 rings (SSSR count). The molecule has 0 aliphatic carbocycles. The van der Waals surface area contributed by atoms with E-state index in [9.17, 15) is 0 Å². The van der Waals surface area contributed by atoms with Gasteiger partial charge < -0.3 is 14.8 Å². The monoisotopic (exact) mass is 248 g/mol. The lowest BCUT2D eigenvalue weighted by atomic mass is 10.1. The molecule has 0 radical (unpaired) electrons. The molecular weight excluding hydrogens is 228 g/mol. The zero-order valence-corrected chi connectivity index (χ0v) is 10.8. The van der Waals surface area contributed by atoms with Crippen molar-refractivity contribution in [1.29, 1.82) is 0 Å². The largest absolute Gasteiger partial charge is 0.454 e. The van der Waals surface area contributed by atoms with Crippen LogP contribution in [-0.2, 0) is 6.54 Å². The first-order chi connectivity index (χ1) is 8.86. The van der Waals surface area contributed by atoms with Crippen LogP contribution >= 0.6 is 0 Å². The molecular formula is C14H20N2O2. The third-order valence-corrected chi connectivity index (χ3v) is 3.61. The summed E-state index contributed by atoms with van der Waals surface area (Å²) in [4.78, 5) is 2.55. The van der Waals surface area contributed by atoms with Crippen molar-refractivity contribution >= 4 is 0 Å². The van der Waals surface area contributed by atoms with Gasteiger partial charge in [0.1, 0.15) is 0 Å². The Morgan fingerprint density at radius 2 is 2.11 bits per heavy atom. The molecule has 2 aliphatic heterocycles. The summed E-state index contributed by atoms with van der Waals surface area (Å²) in [6.45, 7) is 6.97. The number of hydrogen-bond acceptors (Lipinski definition) is 4. The lowest BCUT2D eigenvalue weighted by Crippen LogP contribution is -2.56. The first kappa shape index (κ1) is 11.8. The van der Waals surface area contributed by atoms with E-state index in [1.54, 1.807) is 0 Å². The van der Waals surface area contributed by atoms with Crippen LogP contribution in [0.3, 0.4) is 0 Å². The average Bonchev–Trinajstić information content (AvgIpc) is 2.74. The van der Waals surface area contributed by atoms with Gasteiger partial charge in [-0.3, -0.25) is 4.90 Å². The van der Waals surface area contributed by atoms with Crippen LogP contribution in [0.1, 0.15) is 18.9 Å².